The third-order valence-corrected chi connectivity index (χ3v) is 4.45. The third kappa shape index (κ3) is 2.22. The Kier molecular flexibility index (Phi) is 3.74. The van der Waals surface area contributed by atoms with Crippen LogP contribution in [-0.4, -0.2) is 7.11 Å². The Labute approximate surface area is 123 Å². The predicted molar refractivity (Wildman–Crippen MR) is 94.6 cm³/mol. The summed E-state index contributed by atoms with van der Waals surface area (Å²) in [5, 5.41) is 4.80. The van der Waals surface area contributed by atoms with Crippen LogP contribution in [0, 0.1) is 0 Å². The first kappa shape index (κ1) is 13.6. The molecule has 0 radical (unpaired) electrons. The molecule has 20 heavy (non-hydrogen) atoms. The first-order valence-corrected chi connectivity index (χ1v) is 7.58. The van der Waals surface area contributed by atoms with Gasteiger partial charge in [0, 0.05) is 11.1 Å². The van der Waals surface area contributed by atoms with Gasteiger partial charge in [0.05, 0.1) is 7.11 Å². The molecule has 0 amide bonds. The number of benzene rings is 3. The topological polar surface area (TPSA) is 9.23 Å². The SMILES string of the molecule is COc1cccc(P)c1-c1c(P)ccc2ccccc12. The molecule has 0 fully saturated rings. The fraction of sp³-hybridized carbons (Fsp3) is 0.0588. The van der Waals surface area contributed by atoms with Crippen molar-refractivity contribution in [1.29, 1.82) is 0 Å². The van der Waals surface area contributed by atoms with Gasteiger partial charge in [0.1, 0.15) is 5.75 Å². The first-order chi connectivity index (χ1) is 9.72. The van der Waals surface area contributed by atoms with E-state index in [1.54, 1.807) is 7.11 Å². The summed E-state index contributed by atoms with van der Waals surface area (Å²) in [7, 11) is 7.36. The molecule has 100 valence electrons. The van der Waals surface area contributed by atoms with Crippen molar-refractivity contribution in [2.24, 2.45) is 0 Å². The van der Waals surface area contributed by atoms with Gasteiger partial charge in [-0.15, -0.1) is 18.5 Å². The van der Waals surface area contributed by atoms with Crippen LogP contribution >= 0.6 is 18.5 Å². The highest BCUT2D eigenvalue weighted by molar-refractivity contribution is 7.29. The van der Waals surface area contributed by atoms with Gasteiger partial charge in [-0.2, -0.15) is 0 Å². The quantitative estimate of drug-likeness (QED) is 0.658. The third-order valence-electron chi connectivity index (χ3n) is 3.49. The van der Waals surface area contributed by atoms with Gasteiger partial charge in [-0.05, 0) is 27.4 Å². The maximum absolute atomic E-state index is 5.56. The lowest BCUT2D eigenvalue weighted by Gasteiger charge is -2.16. The molecule has 2 atom stereocenters. The summed E-state index contributed by atoms with van der Waals surface area (Å²) in [6.45, 7) is 0. The van der Waals surface area contributed by atoms with Gasteiger partial charge in [-0.1, -0.05) is 48.5 Å². The van der Waals surface area contributed by atoms with E-state index in [4.69, 9.17) is 4.74 Å². The van der Waals surface area contributed by atoms with Gasteiger partial charge < -0.3 is 4.74 Å². The normalized spacial score (nSPS) is 10.8. The number of methoxy groups -OCH3 is 1. The van der Waals surface area contributed by atoms with Crippen LogP contribution in [0.5, 0.6) is 5.75 Å². The van der Waals surface area contributed by atoms with Crippen molar-refractivity contribution in [2.75, 3.05) is 7.11 Å². The average Bonchev–Trinajstić information content (AvgIpc) is 2.48. The second kappa shape index (κ2) is 5.52. The second-order valence-corrected chi connectivity index (χ2v) is 5.92. The lowest BCUT2D eigenvalue weighted by molar-refractivity contribution is 0.417. The van der Waals surface area contributed by atoms with E-state index >= 15 is 0 Å². The summed E-state index contributed by atoms with van der Waals surface area (Å²) in [6, 6.07) is 18.8. The minimum absolute atomic E-state index is 0.901. The Morgan fingerprint density at radius 2 is 1.50 bits per heavy atom. The van der Waals surface area contributed by atoms with Crippen molar-refractivity contribution in [2.45, 2.75) is 0 Å². The van der Waals surface area contributed by atoms with Gasteiger partial charge in [-0.25, -0.2) is 0 Å². The molecule has 3 heteroatoms. The molecule has 1 nitrogen and oxygen atoms in total. The molecule has 0 aromatic heterocycles. The van der Waals surface area contributed by atoms with Crippen molar-refractivity contribution in [3.05, 3.63) is 54.6 Å². The molecule has 0 aliphatic carbocycles. The van der Waals surface area contributed by atoms with E-state index in [1.807, 2.05) is 12.1 Å². The van der Waals surface area contributed by atoms with Crippen molar-refractivity contribution in [1.82, 2.24) is 0 Å². The molecule has 0 heterocycles. The largest absolute Gasteiger partial charge is 0.496 e. The highest BCUT2D eigenvalue weighted by Gasteiger charge is 2.14. The van der Waals surface area contributed by atoms with E-state index in [9.17, 15) is 0 Å². The van der Waals surface area contributed by atoms with E-state index in [-0.39, 0.29) is 0 Å². The molecule has 3 rings (SSSR count). The molecule has 0 saturated heterocycles. The maximum atomic E-state index is 5.56. The number of ether oxygens (including phenoxy) is 1. The highest BCUT2D eigenvalue weighted by atomic mass is 31.0. The van der Waals surface area contributed by atoms with Gasteiger partial charge in [0.25, 0.3) is 0 Å². The van der Waals surface area contributed by atoms with E-state index in [0.29, 0.717) is 0 Å². The smallest absolute Gasteiger partial charge is 0.127 e. The summed E-state index contributed by atoms with van der Waals surface area (Å²) in [5.41, 5.74) is 2.36. The lowest BCUT2D eigenvalue weighted by Crippen LogP contribution is -2.06. The molecule has 3 aromatic carbocycles. The van der Waals surface area contributed by atoms with Crippen molar-refractivity contribution >= 4 is 39.9 Å². The molecule has 3 aromatic rings. The van der Waals surface area contributed by atoms with Crippen molar-refractivity contribution in [3.8, 4) is 16.9 Å². The summed E-state index contributed by atoms with van der Waals surface area (Å²) in [5.74, 6) is 0.901. The van der Waals surface area contributed by atoms with Crippen LogP contribution < -0.4 is 15.3 Å². The van der Waals surface area contributed by atoms with Crippen LogP contribution in [0.4, 0.5) is 0 Å². The monoisotopic (exact) mass is 298 g/mol. The zero-order valence-corrected chi connectivity index (χ0v) is 13.6. The number of fused-ring (bicyclic) bond motifs is 1. The zero-order valence-electron chi connectivity index (χ0n) is 11.3. The van der Waals surface area contributed by atoms with Crippen LogP contribution in [0.1, 0.15) is 0 Å². The molecule has 0 bridgehead atoms. The summed E-state index contributed by atoms with van der Waals surface area (Å²) in [6.07, 6.45) is 0. The lowest BCUT2D eigenvalue weighted by atomic mass is 9.97. The van der Waals surface area contributed by atoms with E-state index in [1.165, 1.54) is 21.6 Å². The number of hydrogen-bond donors (Lipinski definition) is 0. The van der Waals surface area contributed by atoms with Crippen LogP contribution in [0.3, 0.4) is 0 Å². The van der Waals surface area contributed by atoms with Gasteiger partial charge in [0.15, 0.2) is 0 Å². The fourth-order valence-electron chi connectivity index (χ4n) is 2.55. The Morgan fingerprint density at radius 1 is 0.750 bits per heavy atom. The second-order valence-electron chi connectivity index (χ2n) is 4.68. The molecule has 0 spiro atoms. The standard InChI is InChI=1S/C17H16OP2/c1-18-13-7-4-8-14(19)17(13)16-12-6-3-2-5-11(12)9-10-15(16)20/h2-10H,19-20H2,1H3. The highest BCUT2D eigenvalue weighted by Crippen LogP contribution is 2.34. The van der Waals surface area contributed by atoms with E-state index in [2.05, 4.69) is 60.9 Å². The molecule has 0 saturated carbocycles. The molecule has 2 unspecified atom stereocenters. The zero-order chi connectivity index (χ0) is 14.1. The first-order valence-electron chi connectivity index (χ1n) is 6.42. The average molecular weight is 298 g/mol. The molecular weight excluding hydrogens is 282 g/mol. The minimum Gasteiger partial charge on any atom is -0.496 e. The van der Waals surface area contributed by atoms with Crippen LogP contribution in [0.25, 0.3) is 21.9 Å². The van der Waals surface area contributed by atoms with Crippen LogP contribution in [0.2, 0.25) is 0 Å². The molecule has 0 aliphatic heterocycles. The van der Waals surface area contributed by atoms with Gasteiger partial charge in [0.2, 0.25) is 0 Å². The van der Waals surface area contributed by atoms with E-state index in [0.717, 1.165) is 16.6 Å². The summed E-state index contributed by atoms with van der Waals surface area (Å²) in [4.78, 5) is 0. The Morgan fingerprint density at radius 3 is 2.30 bits per heavy atom. The molecular formula is C17H16OP2. The fourth-order valence-corrected chi connectivity index (χ4v) is 3.35. The Bertz CT molecular complexity index is 781. The molecule has 0 N–H and O–H groups in total. The predicted octanol–water partition coefficient (Wildman–Crippen LogP) is 3.52. The maximum Gasteiger partial charge on any atom is 0.127 e. The Hall–Kier alpha value is -1.42. The number of rotatable bonds is 2. The van der Waals surface area contributed by atoms with Crippen LogP contribution in [0.15, 0.2) is 54.6 Å². The Balaban J connectivity index is 2.44. The van der Waals surface area contributed by atoms with Crippen LogP contribution in [-0.2, 0) is 0 Å². The van der Waals surface area contributed by atoms with E-state index < -0.39 is 0 Å². The van der Waals surface area contributed by atoms with Crippen molar-refractivity contribution < 1.29 is 4.74 Å². The summed E-state index contributed by atoms with van der Waals surface area (Å²) < 4.78 is 5.56. The van der Waals surface area contributed by atoms with Gasteiger partial charge >= 0.3 is 0 Å². The minimum atomic E-state index is 0.901. The van der Waals surface area contributed by atoms with Crippen molar-refractivity contribution in [3.63, 3.8) is 0 Å². The number of hydrogen-bond acceptors (Lipinski definition) is 1. The summed E-state index contributed by atoms with van der Waals surface area (Å²) >= 11 is 0. The van der Waals surface area contributed by atoms with Gasteiger partial charge in [-0.3, -0.25) is 0 Å². The molecule has 0 aliphatic rings.